The fourth-order valence-corrected chi connectivity index (χ4v) is 1.70. The van der Waals surface area contributed by atoms with E-state index in [0.29, 0.717) is 11.1 Å². The molecule has 0 aliphatic heterocycles. The van der Waals surface area contributed by atoms with Crippen molar-refractivity contribution in [2.75, 3.05) is 6.61 Å². The van der Waals surface area contributed by atoms with Crippen LogP contribution in [-0.4, -0.2) is 21.9 Å². The Morgan fingerprint density at radius 3 is 2.50 bits per heavy atom. The fraction of sp³-hybridized carbons (Fsp3) is 0.333. The smallest absolute Gasteiger partial charge is 0.138 e. The normalized spacial score (nSPS) is 12.9. The van der Waals surface area contributed by atoms with Crippen LogP contribution in [0, 0.1) is 6.92 Å². The Morgan fingerprint density at radius 2 is 2.00 bits per heavy atom. The van der Waals surface area contributed by atoms with Crippen LogP contribution in [0.15, 0.2) is 10.5 Å². The molecular formula is C9H12BrNO3. The lowest BCUT2D eigenvalue weighted by Gasteiger charge is -2.14. The molecule has 14 heavy (non-hydrogen) atoms. The number of halogens is 1. The minimum absolute atomic E-state index is 0.0172. The van der Waals surface area contributed by atoms with Gasteiger partial charge in [-0.15, -0.1) is 0 Å². The van der Waals surface area contributed by atoms with Crippen LogP contribution in [0.25, 0.3) is 0 Å². The standard InChI is InChI=1S/C9H12BrNO3/c1-4-2-5(6(11)3-12)9(14)7(10)8(4)13/h2,6,12-14H,3,11H2,1H3. The van der Waals surface area contributed by atoms with Crippen LogP contribution in [0.2, 0.25) is 0 Å². The van der Waals surface area contributed by atoms with Crippen molar-refractivity contribution >= 4 is 15.9 Å². The topological polar surface area (TPSA) is 86.7 Å². The highest BCUT2D eigenvalue weighted by Gasteiger charge is 2.17. The molecule has 0 bridgehead atoms. The van der Waals surface area contributed by atoms with Gasteiger partial charge >= 0.3 is 0 Å². The Bertz CT molecular complexity index is 354. The number of benzene rings is 1. The summed E-state index contributed by atoms with van der Waals surface area (Å²) in [4.78, 5) is 0. The summed E-state index contributed by atoms with van der Waals surface area (Å²) in [6.07, 6.45) is 0. The van der Waals surface area contributed by atoms with E-state index in [0.717, 1.165) is 0 Å². The van der Waals surface area contributed by atoms with Crippen LogP contribution in [0.3, 0.4) is 0 Å². The van der Waals surface area contributed by atoms with Crippen LogP contribution in [0.4, 0.5) is 0 Å². The second-order valence-electron chi connectivity index (χ2n) is 3.08. The number of phenols is 2. The molecule has 1 aromatic rings. The van der Waals surface area contributed by atoms with Gasteiger partial charge in [-0.05, 0) is 34.5 Å². The molecule has 1 aromatic carbocycles. The Kier molecular flexibility index (Phi) is 3.36. The average Bonchev–Trinajstić information content (AvgIpc) is 2.19. The lowest BCUT2D eigenvalue weighted by Crippen LogP contribution is -2.14. The summed E-state index contributed by atoms with van der Waals surface area (Å²) in [5, 5.41) is 27.9. The summed E-state index contributed by atoms with van der Waals surface area (Å²) in [6, 6.07) is 0.904. The highest BCUT2D eigenvalue weighted by atomic mass is 79.9. The second kappa shape index (κ2) is 4.16. The number of phenolic OH excluding ortho intramolecular Hbond substituents is 2. The molecular weight excluding hydrogens is 250 g/mol. The molecule has 0 aromatic heterocycles. The SMILES string of the molecule is Cc1cc(C(N)CO)c(O)c(Br)c1O. The van der Waals surface area contributed by atoms with Crippen molar-refractivity contribution < 1.29 is 15.3 Å². The maximum atomic E-state index is 9.61. The van der Waals surface area contributed by atoms with Crippen molar-refractivity contribution in [3.8, 4) is 11.5 Å². The third-order valence-corrected chi connectivity index (χ3v) is 2.78. The van der Waals surface area contributed by atoms with Crippen LogP contribution < -0.4 is 5.73 Å². The molecule has 5 N–H and O–H groups in total. The lowest BCUT2D eigenvalue weighted by molar-refractivity contribution is 0.265. The van der Waals surface area contributed by atoms with E-state index in [4.69, 9.17) is 10.8 Å². The zero-order valence-corrected chi connectivity index (χ0v) is 9.24. The molecule has 0 radical (unpaired) electrons. The van der Waals surface area contributed by atoms with Crippen LogP contribution in [0.1, 0.15) is 17.2 Å². The molecule has 1 unspecified atom stereocenters. The molecule has 0 heterocycles. The summed E-state index contributed by atoms with van der Waals surface area (Å²) < 4.78 is 0.205. The van der Waals surface area contributed by atoms with Gasteiger partial charge in [0.2, 0.25) is 0 Å². The van der Waals surface area contributed by atoms with Gasteiger partial charge in [-0.3, -0.25) is 0 Å². The monoisotopic (exact) mass is 261 g/mol. The number of rotatable bonds is 2. The molecule has 0 spiro atoms. The van der Waals surface area contributed by atoms with Gasteiger partial charge < -0.3 is 21.1 Å². The van der Waals surface area contributed by atoms with E-state index >= 15 is 0 Å². The van der Waals surface area contributed by atoms with Crippen molar-refractivity contribution in [1.82, 2.24) is 0 Å². The number of aryl methyl sites for hydroxylation is 1. The van der Waals surface area contributed by atoms with Gasteiger partial charge in [0.1, 0.15) is 16.0 Å². The van der Waals surface area contributed by atoms with Gasteiger partial charge in [0.25, 0.3) is 0 Å². The Morgan fingerprint density at radius 1 is 1.43 bits per heavy atom. The highest BCUT2D eigenvalue weighted by Crippen LogP contribution is 2.40. The van der Waals surface area contributed by atoms with E-state index in [1.54, 1.807) is 13.0 Å². The average molecular weight is 262 g/mol. The molecule has 0 saturated carbocycles. The van der Waals surface area contributed by atoms with Crippen LogP contribution >= 0.6 is 15.9 Å². The number of aliphatic hydroxyl groups is 1. The van der Waals surface area contributed by atoms with Gasteiger partial charge in [0.15, 0.2) is 0 Å². The minimum Gasteiger partial charge on any atom is -0.506 e. The zero-order valence-electron chi connectivity index (χ0n) is 7.66. The zero-order chi connectivity index (χ0) is 10.9. The predicted molar refractivity (Wildman–Crippen MR) is 56.2 cm³/mol. The Balaban J connectivity index is 3.33. The third kappa shape index (κ3) is 1.84. The largest absolute Gasteiger partial charge is 0.506 e. The van der Waals surface area contributed by atoms with Crippen molar-refractivity contribution in [2.24, 2.45) is 5.73 Å². The molecule has 1 rings (SSSR count). The van der Waals surface area contributed by atoms with E-state index in [9.17, 15) is 10.2 Å². The predicted octanol–water partition coefficient (Wildman–Crippen LogP) is 1.16. The molecule has 0 aliphatic rings. The highest BCUT2D eigenvalue weighted by molar-refractivity contribution is 9.10. The summed E-state index contributed by atoms with van der Waals surface area (Å²) >= 11 is 3.04. The first-order valence-corrected chi connectivity index (χ1v) is 4.85. The quantitative estimate of drug-likeness (QED) is 0.644. The van der Waals surface area contributed by atoms with E-state index in [1.807, 2.05) is 0 Å². The molecule has 5 heteroatoms. The van der Waals surface area contributed by atoms with Crippen molar-refractivity contribution in [3.05, 3.63) is 21.7 Å². The fourth-order valence-electron chi connectivity index (χ4n) is 1.16. The Labute approximate surface area is 90.1 Å². The minimum atomic E-state index is -0.648. The lowest BCUT2D eigenvalue weighted by atomic mass is 10.0. The number of nitrogens with two attached hydrogens (primary N) is 1. The summed E-state index contributed by atoms with van der Waals surface area (Å²) in [5.41, 5.74) is 6.57. The number of hydrogen-bond donors (Lipinski definition) is 4. The number of aromatic hydroxyl groups is 2. The molecule has 0 fully saturated rings. The second-order valence-corrected chi connectivity index (χ2v) is 3.88. The first-order chi connectivity index (χ1) is 6.49. The van der Waals surface area contributed by atoms with Gasteiger partial charge in [-0.2, -0.15) is 0 Å². The van der Waals surface area contributed by atoms with Crippen LogP contribution in [0.5, 0.6) is 11.5 Å². The van der Waals surface area contributed by atoms with Crippen molar-refractivity contribution in [2.45, 2.75) is 13.0 Å². The van der Waals surface area contributed by atoms with E-state index in [2.05, 4.69) is 15.9 Å². The van der Waals surface area contributed by atoms with E-state index < -0.39 is 6.04 Å². The first kappa shape index (κ1) is 11.3. The maximum absolute atomic E-state index is 9.61. The molecule has 4 nitrogen and oxygen atoms in total. The number of hydrogen-bond acceptors (Lipinski definition) is 4. The molecule has 0 saturated heterocycles. The van der Waals surface area contributed by atoms with Gasteiger partial charge in [-0.1, -0.05) is 0 Å². The summed E-state index contributed by atoms with van der Waals surface area (Å²) in [5.74, 6) is -0.147. The molecule has 78 valence electrons. The Hall–Kier alpha value is -0.780. The molecule has 1 atom stereocenters. The maximum Gasteiger partial charge on any atom is 0.138 e. The van der Waals surface area contributed by atoms with E-state index in [1.165, 1.54) is 0 Å². The van der Waals surface area contributed by atoms with Gasteiger partial charge in [-0.25, -0.2) is 0 Å². The van der Waals surface area contributed by atoms with Crippen molar-refractivity contribution in [3.63, 3.8) is 0 Å². The summed E-state index contributed by atoms with van der Waals surface area (Å²) in [6.45, 7) is 1.43. The van der Waals surface area contributed by atoms with Crippen LogP contribution in [-0.2, 0) is 0 Å². The molecule has 0 aliphatic carbocycles. The first-order valence-electron chi connectivity index (χ1n) is 4.06. The van der Waals surface area contributed by atoms with Crippen molar-refractivity contribution in [1.29, 1.82) is 0 Å². The van der Waals surface area contributed by atoms with Gasteiger partial charge in [0, 0.05) is 5.56 Å². The van der Waals surface area contributed by atoms with Gasteiger partial charge in [0.05, 0.1) is 12.6 Å². The number of aliphatic hydroxyl groups excluding tert-OH is 1. The molecule has 0 amide bonds. The third-order valence-electron chi connectivity index (χ3n) is 2.03. The summed E-state index contributed by atoms with van der Waals surface area (Å²) in [7, 11) is 0. The van der Waals surface area contributed by atoms with E-state index in [-0.39, 0.29) is 22.6 Å².